The van der Waals surface area contributed by atoms with E-state index in [4.69, 9.17) is 11.6 Å². The highest BCUT2D eigenvalue weighted by Gasteiger charge is 2.14. The number of benzene rings is 1. The van der Waals surface area contributed by atoms with Crippen molar-refractivity contribution in [1.29, 1.82) is 0 Å². The maximum Gasteiger partial charge on any atom is 0.177 e. The van der Waals surface area contributed by atoms with Crippen molar-refractivity contribution in [1.82, 2.24) is 0 Å². The third-order valence-electron chi connectivity index (χ3n) is 2.09. The standard InChI is InChI=1S/C10H8ClNO2/c11-9-7-2-4-12-3-1-6(7)5-8(13)10(9)14/h2-5,13-14H,1H2. The van der Waals surface area contributed by atoms with Crippen LogP contribution in [0.5, 0.6) is 11.5 Å². The molecule has 2 N–H and O–H groups in total. The van der Waals surface area contributed by atoms with Crippen LogP contribution in [-0.2, 0) is 6.42 Å². The molecule has 0 bridgehead atoms. The van der Waals surface area contributed by atoms with E-state index in [1.165, 1.54) is 6.07 Å². The van der Waals surface area contributed by atoms with Crippen molar-refractivity contribution in [2.24, 2.45) is 4.99 Å². The molecule has 0 radical (unpaired) electrons. The Morgan fingerprint density at radius 2 is 2.14 bits per heavy atom. The first kappa shape index (κ1) is 9.09. The summed E-state index contributed by atoms with van der Waals surface area (Å²) in [4.78, 5) is 3.96. The van der Waals surface area contributed by atoms with Gasteiger partial charge >= 0.3 is 0 Å². The van der Waals surface area contributed by atoms with Crippen molar-refractivity contribution < 1.29 is 10.2 Å². The molecule has 1 aromatic carbocycles. The lowest BCUT2D eigenvalue weighted by Gasteiger charge is -2.08. The smallest absolute Gasteiger partial charge is 0.177 e. The second kappa shape index (κ2) is 3.35. The molecule has 0 aliphatic carbocycles. The van der Waals surface area contributed by atoms with Crippen molar-refractivity contribution in [3.63, 3.8) is 0 Å². The van der Waals surface area contributed by atoms with E-state index in [9.17, 15) is 10.2 Å². The summed E-state index contributed by atoms with van der Waals surface area (Å²) in [7, 11) is 0. The molecular weight excluding hydrogens is 202 g/mol. The minimum atomic E-state index is -0.281. The third kappa shape index (κ3) is 1.36. The van der Waals surface area contributed by atoms with E-state index in [2.05, 4.69) is 4.99 Å². The zero-order valence-electron chi connectivity index (χ0n) is 7.24. The van der Waals surface area contributed by atoms with Gasteiger partial charge in [0.25, 0.3) is 0 Å². The molecular formula is C10H8ClNO2. The highest BCUT2D eigenvalue weighted by molar-refractivity contribution is 6.34. The number of phenolic OH excluding ortho intramolecular Hbond substituents is 2. The first-order chi connectivity index (χ1) is 6.70. The Kier molecular flexibility index (Phi) is 2.17. The average Bonchev–Trinajstić information content (AvgIpc) is 2.39. The molecule has 0 aromatic heterocycles. The minimum absolute atomic E-state index is 0.168. The molecule has 1 heterocycles. The maximum atomic E-state index is 9.40. The molecule has 1 aliphatic rings. The second-order valence-corrected chi connectivity index (χ2v) is 3.36. The number of hydrogen-bond donors (Lipinski definition) is 2. The summed E-state index contributed by atoms with van der Waals surface area (Å²) in [6.07, 6.45) is 5.62. The molecule has 2 rings (SSSR count). The van der Waals surface area contributed by atoms with Gasteiger partial charge in [-0.1, -0.05) is 11.6 Å². The fourth-order valence-corrected chi connectivity index (χ4v) is 1.65. The van der Waals surface area contributed by atoms with Gasteiger partial charge in [-0.25, -0.2) is 0 Å². The summed E-state index contributed by atoms with van der Waals surface area (Å²) < 4.78 is 0. The van der Waals surface area contributed by atoms with Crippen LogP contribution < -0.4 is 0 Å². The summed E-state index contributed by atoms with van der Waals surface area (Å²) in [5, 5.41) is 18.9. The van der Waals surface area contributed by atoms with Gasteiger partial charge in [0.2, 0.25) is 0 Å². The van der Waals surface area contributed by atoms with Gasteiger partial charge < -0.3 is 10.2 Å². The monoisotopic (exact) mass is 209 g/mol. The predicted octanol–water partition coefficient (Wildman–Crippen LogP) is 2.35. The Hall–Kier alpha value is -1.48. The quantitative estimate of drug-likeness (QED) is 0.645. The fraction of sp³-hybridized carbons (Fsp3) is 0.100. The van der Waals surface area contributed by atoms with Crippen molar-refractivity contribution in [2.75, 3.05) is 0 Å². The molecule has 0 spiro atoms. The van der Waals surface area contributed by atoms with Crippen LogP contribution >= 0.6 is 11.6 Å². The normalized spacial score (nSPS) is 13.8. The van der Waals surface area contributed by atoms with E-state index in [0.29, 0.717) is 12.0 Å². The van der Waals surface area contributed by atoms with E-state index >= 15 is 0 Å². The van der Waals surface area contributed by atoms with Crippen LogP contribution in [0.3, 0.4) is 0 Å². The predicted molar refractivity (Wildman–Crippen MR) is 56.0 cm³/mol. The van der Waals surface area contributed by atoms with Crippen LogP contribution in [0.1, 0.15) is 11.1 Å². The first-order valence-electron chi connectivity index (χ1n) is 4.11. The Bertz CT molecular complexity index is 438. The number of fused-ring (bicyclic) bond motifs is 1. The van der Waals surface area contributed by atoms with Gasteiger partial charge in [0.05, 0.1) is 5.02 Å². The molecule has 3 nitrogen and oxygen atoms in total. The molecule has 1 aromatic rings. The van der Waals surface area contributed by atoms with Crippen molar-refractivity contribution >= 4 is 23.9 Å². The lowest BCUT2D eigenvalue weighted by Crippen LogP contribution is -1.90. The number of nitrogens with zero attached hydrogens (tertiary/aromatic N) is 1. The van der Waals surface area contributed by atoms with Gasteiger partial charge in [-0.05, 0) is 17.7 Å². The zero-order chi connectivity index (χ0) is 10.1. The number of aliphatic imine (C=N–C) groups is 1. The van der Waals surface area contributed by atoms with E-state index < -0.39 is 0 Å². The molecule has 1 aliphatic heterocycles. The highest BCUT2D eigenvalue weighted by atomic mass is 35.5. The summed E-state index contributed by atoms with van der Waals surface area (Å²) in [6, 6.07) is 1.50. The van der Waals surface area contributed by atoms with Gasteiger partial charge in [-0.15, -0.1) is 0 Å². The Balaban J connectivity index is 2.69. The van der Waals surface area contributed by atoms with Crippen molar-refractivity contribution in [3.05, 3.63) is 28.4 Å². The molecule has 0 atom stereocenters. The molecule has 0 saturated carbocycles. The van der Waals surface area contributed by atoms with Gasteiger partial charge in [0.15, 0.2) is 11.5 Å². The number of phenols is 2. The summed E-state index contributed by atoms with van der Waals surface area (Å²) in [6.45, 7) is 0. The largest absolute Gasteiger partial charge is 0.504 e. The second-order valence-electron chi connectivity index (χ2n) is 2.98. The fourth-order valence-electron chi connectivity index (χ4n) is 1.37. The van der Waals surface area contributed by atoms with Crippen LogP contribution in [0.4, 0.5) is 0 Å². The minimum Gasteiger partial charge on any atom is -0.504 e. The van der Waals surface area contributed by atoms with Gasteiger partial charge in [-0.2, -0.15) is 0 Å². The molecule has 0 saturated heterocycles. The van der Waals surface area contributed by atoms with Gasteiger partial charge in [0.1, 0.15) is 0 Å². The van der Waals surface area contributed by atoms with Crippen molar-refractivity contribution in [3.8, 4) is 11.5 Å². The number of rotatable bonds is 0. The van der Waals surface area contributed by atoms with E-state index in [1.54, 1.807) is 18.5 Å². The van der Waals surface area contributed by atoms with Crippen LogP contribution in [0.2, 0.25) is 5.02 Å². The molecule has 14 heavy (non-hydrogen) atoms. The lowest BCUT2D eigenvalue weighted by atomic mass is 10.0. The number of halogens is 1. The summed E-state index contributed by atoms with van der Waals surface area (Å²) in [5.74, 6) is -0.477. The average molecular weight is 210 g/mol. The number of hydrogen-bond acceptors (Lipinski definition) is 3. The highest BCUT2D eigenvalue weighted by Crippen LogP contribution is 2.39. The molecule has 0 fully saturated rings. The molecule has 0 unspecified atom stereocenters. The SMILES string of the molecule is Oc1cc2c(c(Cl)c1O)C=CN=CC2. The Morgan fingerprint density at radius 3 is 2.93 bits per heavy atom. The van der Waals surface area contributed by atoms with Gasteiger partial charge in [0, 0.05) is 24.4 Å². The molecule has 0 amide bonds. The first-order valence-corrected chi connectivity index (χ1v) is 4.49. The van der Waals surface area contributed by atoms with Crippen LogP contribution in [-0.4, -0.2) is 16.4 Å². The lowest BCUT2D eigenvalue weighted by molar-refractivity contribution is 0.403. The van der Waals surface area contributed by atoms with E-state index in [-0.39, 0.29) is 16.5 Å². The summed E-state index contributed by atoms with van der Waals surface area (Å²) in [5.41, 5.74) is 1.56. The maximum absolute atomic E-state index is 9.40. The van der Waals surface area contributed by atoms with E-state index in [0.717, 1.165) is 5.56 Å². The van der Waals surface area contributed by atoms with Crippen LogP contribution in [0.15, 0.2) is 17.3 Å². The zero-order valence-corrected chi connectivity index (χ0v) is 7.99. The Morgan fingerprint density at radius 1 is 1.36 bits per heavy atom. The number of aromatic hydroxyl groups is 2. The van der Waals surface area contributed by atoms with Crippen LogP contribution in [0, 0.1) is 0 Å². The van der Waals surface area contributed by atoms with Crippen LogP contribution in [0.25, 0.3) is 6.08 Å². The topological polar surface area (TPSA) is 52.8 Å². The summed E-state index contributed by atoms with van der Waals surface area (Å²) >= 11 is 5.87. The molecule has 4 heteroatoms. The van der Waals surface area contributed by atoms with E-state index in [1.807, 2.05) is 0 Å². The van der Waals surface area contributed by atoms with Crippen molar-refractivity contribution in [2.45, 2.75) is 6.42 Å². The Labute approximate surface area is 86.0 Å². The third-order valence-corrected chi connectivity index (χ3v) is 2.47. The molecule has 72 valence electrons. The van der Waals surface area contributed by atoms with Gasteiger partial charge in [-0.3, -0.25) is 4.99 Å².